The zero-order valence-corrected chi connectivity index (χ0v) is 9.31. The van der Waals surface area contributed by atoms with E-state index in [1.165, 1.54) is 19.2 Å². The Balaban J connectivity index is 0.00000196. The molecule has 0 unspecified atom stereocenters. The van der Waals surface area contributed by atoms with Gasteiger partial charge in [-0.25, -0.2) is 4.39 Å². The third-order valence-electron chi connectivity index (χ3n) is 1.94. The van der Waals surface area contributed by atoms with E-state index in [-0.39, 0.29) is 18.0 Å². The molecule has 0 spiro atoms. The SMILES string of the molecule is COC(=O)[C@@H](N)c1cc(C)ccc1F.Cl. The third-order valence-corrected chi connectivity index (χ3v) is 1.94. The zero-order valence-electron chi connectivity index (χ0n) is 8.49. The van der Waals surface area contributed by atoms with Gasteiger partial charge >= 0.3 is 5.97 Å². The first-order valence-corrected chi connectivity index (χ1v) is 4.15. The van der Waals surface area contributed by atoms with Gasteiger partial charge in [0.05, 0.1) is 7.11 Å². The fraction of sp³-hybridized carbons (Fsp3) is 0.300. The second kappa shape index (κ2) is 5.68. The predicted octanol–water partition coefficient (Wildman–Crippen LogP) is 1.73. The van der Waals surface area contributed by atoms with E-state index in [2.05, 4.69) is 4.74 Å². The molecule has 1 aromatic carbocycles. The number of hydrogen-bond donors (Lipinski definition) is 1. The Kier molecular flexibility index (Phi) is 5.25. The molecule has 2 N–H and O–H groups in total. The number of benzene rings is 1. The van der Waals surface area contributed by atoms with E-state index in [0.717, 1.165) is 5.56 Å². The van der Waals surface area contributed by atoms with Crippen molar-refractivity contribution in [2.45, 2.75) is 13.0 Å². The number of halogens is 2. The molecule has 1 rings (SSSR count). The van der Waals surface area contributed by atoms with Crippen LogP contribution in [0.3, 0.4) is 0 Å². The molecule has 0 aromatic heterocycles. The first-order chi connectivity index (χ1) is 6.56. The first kappa shape index (κ1) is 13.9. The van der Waals surface area contributed by atoms with Crippen LogP contribution in [-0.2, 0) is 9.53 Å². The Bertz CT molecular complexity index is 357. The molecule has 0 saturated carbocycles. The van der Waals surface area contributed by atoms with Gasteiger partial charge in [0.15, 0.2) is 0 Å². The third kappa shape index (κ3) is 3.18. The van der Waals surface area contributed by atoms with Crippen LogP contribution in [0.25, 0.3) is 0 Å². The van der Waals surface area contributed by atoms with Gasteiger partial charge in [-0.3, -0.25) is 4.79 Å². The molecule has 15 heavy (non-hydrogen) atoms. The van der Waals surface area contributed by atoms with E-state index < -0.39 is 17.8 Å². The molecule has 0 aliphatic heterocycles. The first-order valence-electron chi connectivity index (χ1n) is 4.15. The number of carbonyl (C=O) groups is 1. The maximum atomic E-state index is 13.2. The lowest BCUT2D eigenvalue weighted by atomic mass is 10.0. The zero-order chi connectivity index (χ0) is 10.7. The van der Waals surface area contributed by atoms with Crippen LogP contribution in [0.1, 0.15) is 17.2 Å². The summed E-state index contributed by atoms with van der Waals surface area (Å²) in [5.41, 5.74) is 6.52. The highest BCUT2D eigenvalue weighted by molar-refractivity contribution is 5.85. The summed E-state index contributed by atoms with van der Waals surface area (Å²) in [4.78, 5) is 11.1. The second-order valence-electron chi connectivity index (χ2n) is 3.03. The lowest BCUT2D eigenvalue weighted by Crippen LogP contribution is -2.23. The minimum atomic E-state index is -1.06. The van der Waals surface area contributed by atoms with Crippen molar-refractivity contribution in [3.8, 4) is 0 Å². The lowest BCUT2D eigenvalue weighted by molar-refractivity contribution is -0.142. The van der Waals surface area contributed by atoms with E-state index in [1.54, 1.807) is 13.0 Å². The number of carbonyl (C=O) groups excluding carboxylic acids is 1. The predicted molar refractivity (Wildman–Crippen MR) is 57.3 cm³/mol. The smallest absolute Gasteiger partial charge is 0.327 e. The van der Waals surface area contributed by atoms with Crippen molar-refractivity contribution in [3.05, 3.63) is 35.1 Å². The molecule has 0 aliphatic rings. The van der Waals surface area contributed by atoms with Crippen molar-refractivity contribution in [1.82, 2.24) is 0 Å². The average molecular weight is 234 g/mol. The highest BCUT2D eigenvalue weighted by Gasteiger charge is 2.19. The standard InChI is InChI=1S/C10H12FNO2.ClH/c1-6-3-4-8(11)7(5-6)9(12)10(13)14-2;/h3-5,9H,12H2,1-2H3;1H/t9-;/m0./s1. The monoisotopic (exact) mass is 233 g/mol. The van der Waals surface area contributed by atoms with Crippen LogP contribution in [0.2, 0.25) is 0 Å². The summed E-state index contributed by atoms with van der Waals surface area (Å²) in [6.45, 7) is 1.80. The van der Waals surface area contributed by atoms with Crippen molar-refractivity contribution in [2.24, 2.45) is 5.73 Å². The van der Waals surface area contributed by atoms with Crippen LogP contribution in [0.15, 0.2) is 18.2 Å². The highest BCUT2D eigenvalue weighted by atomic mass is 35.5. The van der Waals surface area contributed by atoms with Crippen molar-refractivity contribution in [3.63, 3.8) is 0 Å². The molecule has 0 amide bonds. The molecule has 0 fully saturated rings. The maximum Gasteiger partial charge on any atom is 0.327 e. The molecule has 1 atom stereocenters. The quantitative estimate of drug-likeness (QED) is 0.792. The Labute approximate surface area is 93.8 Å². The van der Waals surface area contributed by atoms with Crippen LogP contribution in [0.4, 0.5) is 4.39 Å². The minimum absolute atomic E-state index is 0. The van der Waals surface area contributed by atoms with Gasteiger partial charge in [0.25, 0.3) is 0 Å². The van der Waals surface area contributed by atoms with E-state index in [0.29, 0.717) is 0 Å². The molecule has 0 bridgehead atoms. The van der Waals surface area contributed by atoms with Gasteiger partial charge < -0.3 is 10.5 Å². The minimum Gasteiger partial charge on any atom is -0.468 e. The van der Waals surface area contributed by atoms with Gasteiger partial charge in [-0.05, 0) is 13.0 Å². The number of methoxy groups -OCH3 is 1. The number of hydrogen-bond acceptors (Lipinski definition) is 3. The van der Waals surface area contributed by atoms with E-state index >= 15 is 0 Å². The van der Waals surface area contributed by atoms with Gasteiger partial charge in [0.1, 0.15) is 11.9 Å². The Hall–Kier alpha value is -1.13. The molecule has 1 aromatic rings. The van der Waals surface area contributed by atoms with Crippen LogP contribution in [-0.4, -0.2) is 13.1 Å². The summed E-state index contributed by atoms with van der Waals surface area (Å²) in [5.74, 6) is -1.14. The molecule has 0 radical (unpaired) electrons. The number of ether oxygens (including phenoxy) is 1. The molecular formula is C10H13ClFNO2. The van der Waals surface area contributed by atoms with Crippen LogP contribution >= 0.6 is 12.4 Å². The Morgan fingerprint density at radius 1 is 1.53 bits per heavy atom. The number of esters is 1. The fourth-order valence-corrected chi connectivity index (χ4v) is 1.16. The van der Waals surface area contributed by atoms with Crippen molar-refractivity contribution in [1.29, 1.82) is 0 Å². The normalized spacial score (nSPS) is 11.5. The van der Waals surface area contributed by atoms with Gasteiger partial charge in [-0.1, -0.05) is 17.7 Å². The molecule has 5 heteroatoms. The topological polar surface area (TPSA) is 52.3 Å². The highest BCUT2D eigenvalue weighted by Crippen LogP contribution is 2.17. The van der Waals surface area contributed by atoms with Crippen LogP contribution in [0.5, 0.6) is 0 Å². The Morgan fingerprint density at radius 2 is 2.13 bits per heavy atom. The van der Waals surface area contributed by atoms with Gasteiger partial charge in [-0.15, -0.1) is 12.4 Å². The molecule has 0 heterocycles. The van der Waals surface area contributed by atoms with Crippen molar-refractivity contribution in [2.75, 3.05) is 7.11 Å². The number of nitrogens with two attached hydrogens (primary N) is 1. The van der Waals surface area contributed by atoms with Gasteiger partial charge in [-0.2, -0.15) is 0 Å². The fourth-order valence-electron chi connectivity index (χ4n) is 1.16. The Morgan fingerprint density at radius 3 is 2.67 bits per heavy atom. The maximum absolute atomic E-state index is 13.2. The van der Waals surface area contributed by atoms with Crippen molar-refractivity contribution >= 4 is 18.4 Å². The molecule has 0 aliphatic carbocycles. The van der Waals surface area contributed by atoms with E-state index in [4.69, 9.17) is 5.73 Å². The van der Waals surface area contributed by atoms with E-state index in [1.807, 2.05) is 0 Å². The van der Waals surface area contributed by atoms with Crippen LogP contribution < -0.4 is 5.73 Å². The molecular weight excluding hydrogens is 221 g/mol. The number of rotatable bonds is 2. The summed E-state index contributed by atoms with van der Waals surface area (Å²) >= 11 is 0. The number of aryl methyl sites for hydroxylation is 1. The second-order valence-corrected chi connectivity index (χ2v) is 3.03. The summed E-state index contributed by atoms with van der Waals surface area (Å²) in [5, 5.41) is 0. The summed E-state index contributed by atoms with van der Waals surface area (Å²) in [7, 11) is 1.22. The summed E-state index contributed by atoms with van der Waals surface area (Å²) in [6, 6.07) is 3.38. The largest absolute Gasteiger partial charge is 0.468 e. The molecule has 0 saturated heterocycles. The van der Waals surface area contributed by atoms with Gasteiger partial charge in [0.2, 0.25) is 0 Å². The van der Waals surface area contributed by atoms with Crippen LogP contribution in [0, 0.1) is 12.7 Å². The van der Waals surface area contributed by atoms with Crippen molar-refractivity contribution < 1.29 is 13.9 Å². The van der Waals surface area contributed by atoms with Gasteiger partial charge in [0, 0.05) is 5.56 Å². The molecule has 3 nitrogen and oxygen atoms in total. The molecule has 84 valence electrons. The van der Waals surface area contributed by atoms with E-state index in [9.17, 15) is 9.18 Å². The summed E-state index contributed by atoms with van der Waals surface area (Å²) < 4.78 is 17.7. The lowest BCUT2D eigenvalue weighted by Gasteiger charge is -2.10. The average Bonchev–Trinajstić information content (AvgIpc) is 2.19. The summed E-state index contributed by atoms with van der Waals surface area (Å²) in [6.07, 6.45) is 0.